The second-order valence-electron chi connectivity index (χ2n) is 6.88. The van der Waals surface area contributed by atoms with Crippen molar-refractivity contribution in [3.63, 3.8) is 0 Å². The predicted molar refractivity (Wildman–Crippen MR) is 114 cm³/mol. The first kappa shape index (κ1) is 26.9. The zero-order valence-electron chi connectivity index (χ0n) is 16.0. The molecule has 0 radical (unpaired) electrons. The van der Waals surface area contributed by atoms with Gasteiger partial charge in [0.15, 0.2) is 0 Å². The lowest BCUT2D eigenvalue weighted by molar-refractivity contribution is -0.134. The van der Waals surface area contributed by atoms with Crippen LogP contribution in [0.25, 0.3) is 0 Å². The summed E-state index contributed by atoms with van der Waals surface area (Å²) in [6.07, 6.45) is 0. The average molecular weight is 458 g/mol. The minimum atomic E-state index is -0.611. The Morgan fingerprint density at radius 2 is 1.82 bits per heavy atom. The Bertz CT molecular complexity index is 656. The SMILES string of the molecule is CC(C)[C@H](N)C(=O)NCC(=O)N1CCN(Cc2ccc(F)cc2Cl)CC1.Cl.Cl. The smallest absolute Gasteiger partial charge is 0.242 e. The third-order valence-electron chi connectivity index (χ3n) is 4.57. The first-order valence-corrected chi connectivity index (χ1v) is 9.13. The number of halogens is 4. The van der Waals surface area contributed by atoms with Gasteiger partial charge in [-0.25, -0.2) is 4.39 Å². The van der Waals surface area contributed by atoms with Gasteiger partial charge in [-0.2, -0.15) is 0 Å². The number of hydrogen-bond donors (Lipinski definition) is 2. The average Bonchev–Trinajstić information content (AvgIpc) is 2.61. The summed E-state index contributed by atoms with van der Waals surface area (Å²) < 4.78 is 13.1. The molecular weight excluding hydrogens is 430 g/mol. The van der Waals surface area contributed by atoms with E-state index in [1.807, 2.05) is 13.8 Å². The van der Waals surface area contributed by atoms with E-state index < -0.39 is 6.04 Å². The fourth-order valence-electron chi connectivity index (χ4n) is 2.74. The molecule has 0 aliphatic carbocycles. The number of amides is 2. The molecule has 0 bridgehead atoms. The highest BCUT2D eigenvalue weighted by atomic mass is 35.5. The number of piperazine rings is 1. The minimum Gasteiger partial charge on any atom is -0.346 e. The zero-order valence-corrected chi connectivity index (χ0v) is 18.4. The molecule has 1 atom stereocenters. The topological polar surface area (TPSA) is 78.7 Å². The van der Waals surface area contributed by atoms with Gasteiger partial charge < -0.3 is 16.0 Å². The molecule has 2 amide bonds. The summed E-state index contributed by atoms with van der Waals surface area (Å²) in [5, 5.41) is 3.01. The molecule has 0 spiro atoms. The van der Waals surface area contributed by atoms with Crippen molar-refractivity contribution in [2.45, 2.75) is 26.4 Å². The number of benzene rings is 1. The molecule has 28 heavy (non-hydrogen) atoms. The second kappa shape index (κ2) is 12.4. The van der Waals surface area contributed by atoms with E-state index in [0.29, 0.717) is 37.7 Å². The van der Waals surface area contributed by atoms with E-state index in [2.05, 4.69) is 10.2 Å². The summed E-state index contributed by atoms with van der Waals surface area (Å²) in [6.45, 7) is 6.83. The Balaban J connectivity index is 0.00000364. The highest BCUT2D eigenvalue weighted by Gasteiger charge is 2.23. The van der Waals surface area contributed by atoms with Crippen LogP contribution in [0.2, 0.25) is 5.02 Å². The quantitative estimate of drug-likeness (QED) is 0.685. The van der Waals surface area contributed by atoms with Crippen molar-refractivity contribution in [3.05, 3.63) is 34.6 Å². The van der Waals surface area contributed by atoms with E-state index in [1.165, 1.54) is 12.1 Å². The molecule has 0 saturated carbocycles. The van der Waals surface area contributed by atoms with Gasteiger partial charge in [0.2, 0.25) is 11.8 Å². The van der Waals surface area contributed by atoms with Gasteiger partial charge in [0.05, 0.1) is 12.6 Å². The van der Waals surface area contributed by atoms with Crippen molar-refractivity contribution in [3.8, 4) is 0 Å². The van der Waals surface area contributed by atoms with Gasteiger partial charge in [0.1, 0.15) is 5.82 Å². The van der Waals surface area contributed by atoms with Crippen LogP contribution in [0.1, 0.15) is 19.4 Å². The molecule has 1 aromatic carbocycles. The monoisotopic (exact) mass is 456 g/mol. The molecule has 0 aromatic heterocycles. The lowest BCUT2D eigenvalue weighted by Crippen LogP contribution is -2.52. The van der Waals surface area contributed by atoms with Crippen molar-refractivity contribution in [1.29, 1.82) is 0 Å². The van der Waals surface area contributed by atoms with E-state index in [0.717, 1.165) is 5.56 Å². The molecule has 6 nitrogen and oxygen atoms in total. The van der Waals surface area contributed by atoms with Crippen LogP contribution in [-0.4, -0.2) is 60.4 Å². The van der Waals surface area contributed by atoms with Gasteiger partial charge in [0, 0.05) is 37.7 Å². The molecule has 10 heteroatoms. The first-order valence-electron chi connectivity index (χ1n) is 8.75. The molecular formula is C18H28Cl3FN4O2. The van der Waals surface area contributed by atoms with Gasteiger partial charge in [-0.15, -0.1) is 24.8 Å². The Morgan fingerprint density at radius 3 is 2.36 bits per heavy atom. The molecule has 1 saturated heterocycles. The number of hydrogen-bond acceptors (Lipinski definition) is 4. The first-order chi connectivity index (χ1) is 12.3. The van der Waals surface area contributed by atoms with Crippen molar-refractivity contribution in [2.75, 3.05) is 32.7 Å². The van der Waals surface area contributed by atoms with Gasteiger partial charge in [-0.05, 0) is 23.6 Å². The molecule has 160 valence electrons. The molecule has 0 unspecified atom stereocenters. The zero-order chi connectivity index (χ0) is 19.3. The molecule has 1 fully saturated rings. The fourth-order valence-corrected chi connectivity index (χ4v) is 2.97. The molecule has 1 aliphatic rings. The summed E-state index contributed by atoms with van der Waals surface area (Å²) in [4.78, 5) is 28.0. The lowest BCUT2D eigenvalue weighted by Gasteiger charge is -2.35. The van der Waals surface area contributed by atoms with Gasteiger partial charge in [0.25, 0.3) is 0 Å². The maximum Gasteiger partial charge on any atom is 0.242 e. The molecule has 1 aromatic rings. The van der Waals surface area contributed by atoms with Crippen LogP contribution in [0.5, 0.6) is 0 Å². The van der Waals surface area contributed by atoms with Crippen LogP contribution < -0.4 is 11.1 Å². The summed E-state index contributed by atoms with van der Waals surface area (Å²) in [7, 11) is 0. The van der Waals surface area contributed by atoms with Crippen LogP contribution >= 0.6 is 36.4 Å². The predicted octanol–water partition coefficient (Wildman–Crippen LogP) is 2.07. The molecule has 3 N–H and O–H groups in total. The Labute approximate surface area is 182 Å². The van der Waals surface area contributed by atoms with Crippen molar-refractivity contribution in [2.24, 2.45) is 11.7 Å². The number of carbonyl (C=O) groups is 2. The number of nitrogens with two attached hydrogens (primary N) is 1. The third kappa shape index (κ3) is 7.72. The normalized spacial score (nSPS) is 15.4. The summed E-state index contributed by atoms with van der Waals surface area (Å²) in [5.74, 6) is -0.757. The van der Waals surface area contributed by atoms with Gasteiger partial charge in [-0.1, -0.05) is 31.5 Å². The number of nitrogens with zero attached hydrogens (tertiary/aromatic N) is 2. The second-order valence-corrected chi connectivity index (χ2v) is 7.29. The third-order valence-corrected chi connectivity index (χ3v) is 4.92. The number of carbonyl (C=O) groups excluding carboxylic acids is 2. The molecule has 2 rings (SSSR count). The Kier molecular flexibility index (Phi) is 11.9. The minimum absolute atomic E-state index is 0. The van der Waals surface area contributed by atoms with Crippen LogP contribution in [-0.2, 0) is 16.1 Å². The summed E-state index contributed by atoms with van der Waals surface area (Å²) in [5.41, 5.74) is 6.62. The van der Waals surface area contributed by atoms with Crippen LogP contribution in [0.4, 0.5) is 4.39 Å². The Morgan fingerprint density at radius 1 is 1.21 bits per heavy atom. The lowest BCUT2D eigenvalue weighted by atomic mass is 10.1. The van der Waals surface area contributed by atoms with E-state index in [9.17, 15) is 14.0 Å². The number of nitrogens with one attached hydrogen (secondary N) is 1. The maximum absolute atomic E-state index is 13.1. The Hall–Kier alpha value is -1.12. The van der Waals surface area contributed by atoms with Gasteiger partial charge in [-0.3, -0.25) is 14.5 Å². The largest absolute Gasteiger partial charge is 0.346 e. The summed E-state index contributed by atoms with van der Waals surface area (Å²) in [6, 6.07) is 3.77. The maximum atomic E-state index is 13.1. The van der Waals surface area contributed by atoms with Crippen LogP contribution in [0, 0.1) is 11.7 Å². The van der Waals surface area contributed by atoms with Crippen molar-refractivity contribution in [1.82, 2.24) is 15.1 Å². The van der Waals surface area contributed by atoms with Gasteiger partial charge >= 0.3 is 0 Å². The summed E-state index contributed by atoms with van der Waals surface area (Å²) >= 11 is 6.06. The van der Waals surface area contributed by atoms with E-state index in [-0.39, 0.29) is 54.9 Å². The molecule has 1 heterocycles. The van der Waals surface area contributed by atoms with Crippen LogP contribution in [0.3, 0.4) is 0 Å². The highest BCUT2D eigenvalue weighted by molar-refractivity contribution is 6.31. The van der Waals surface area contributed by atoms with Crippen molar-refractivity contribution < 1.29 is 14.0 Å². The number of rotatable bonds is 6. The van der Waals surface area contributed by atoms with E-state index in [1.54, 1.807) is 11.0 Å². The standard InChI is InChI=1S/C18H26ClFN4O2.2ClH/c1-12(2)17(21)18(26)22-10-16(25)24-7-5-23(6-8-24)11-13-3-4-14(20)9-15(13)19;;/h3-4,9,12,17H,5-8,10-11,21H2,1-2H3,(H,22,26);2*1H/t17-;;/m0../s1. The van der Waals surface area contributed by atoms with Crippen LogP contribution in [0.15, 0.2) is 18.2 Å². The molecule has 1 aliphatic heterocycles. The van der Waals surface area contributed by atoms with Crippen molar-refractivity contribution >= 4 is 48.2 Å². The highest BCUT2D eigenvalue weighted by Crippen LogP contribution is 2.19. The van der Waals surface area contributed by atoms with E-state index >= 15 is 0 Å². The fraction of sp³-hybridized carbons (Fsp3) is 0.556. The van der Waals surface area contributed by atoms with E-state index in [4.69, 9.17) is 17.3 Å².